The Labute approximate surface area is 687 Å². The molecule has 9 aromatic rings. The number of ether oxygens (including phenoxy) is 3. The van der Waals surface area contributed by atoms with Gasteiger partial charge in [-0.1, -0.05) is 162 Å². The molecule has 3 saturated heterocycles. The minimum absolute atomic E-state index is 0.0506. The number of carbonyl (C=O) groups excluding carboxylic acids is 7. The fourth-order valence-electron chi connectivity index (χ4n) is 16.4. The van der Waals surface area contributed by atoms with Crippen molar-refractivity contribution >= 4 is 139 Å². The normalized spacial score (nSPS) is 19.4. The van der Waals surface area contributed by atoms with E-state index in [9.17, 15) is 43.2 Å². The fourth-order valence-corrected chi connectivity index (χ4v) is 24.7. The van der Waals surface area contributed by atoms with Crippen molar-refractivity contribution in [3.63, 3.8) is 0 Å². The number of aromatic amines is 1. The molecule has 1 N–H and O–H groups in total. The number of hydrogen-bond acceptors (Lipinski definition) is 19. The van der Waals surface area contributed by atoms with Crippen LogP contribution in [0.5, 0.6) is 0 Å². The Hall–Kier alpha value is -10.8. The van der Waals surface area contributed by atoms with Gasteiger partial charge in [-0.05, 0) is 172 Å². The predicted molar refractivity (Wildman–Crippen MR) is 463 cm³/mol. The van der Waals surface area contributed by atoms with E-state index >= 15 is 4.79 Å². The van der Waals surface area contributed by atoms with Crippen molar-refractivity contribution in [2.75, 3.05) is 19.8 Å². The van der Waals surface area contributed by atoms with Crippen molar-refractivity contribution < 1.29 is 74.3 Å². The number of carbonyl (C=O) groups is 7. The van der Waals surface area contributed by atoms with E-state index in [1.165, 1.54) is 32.3 Å². The van der Waals surface area contributed by atoms with Gasteiger partial charge in [0.05, 0.1) is 70.7 Å². The van der Waals surface area contributed by atoms with Crippen molar-refractivity contribution in [3.05, 3.63) is 243 Å². The standard InChI is InChI=1S/C44H49N2O7PSi.C23H28N2O6Si.C22H26N2O6Si/c1-9-27-51-42(49)41(54(32-19-13-10-14-20-32,33-21-15-11-16-22-33)34-23-17-12-18-24-34)46-36(39(40(46)48)30(2)53-55(7,8)44(3,4)5)29-37(47)31-25-26-38-35(28-31)45(6)43(50)52-38;1-7-10-29-22(27)20-15(14-8-9-18-16(11-14)24(3)23(28)30-18)12-17-19(21(26)25(17)20)13(2)31-32(4,5)6;1-6-9-28-21(26)19-14(13-7-8-17-15(10-13)23-22(27)29-17)11-16-18(20(25)24(16)19)12(2)30-31(3,4)5/h9-26,28,30,36,39H,1,27,29H2,2-8H3;7-9,11,13,17,19H,1,10,12H2,2-6H3;6-8,10,12,16,18H,1,9,11H2,2-5H3,(H,23,27)/t30-,36+,39+;13-,17-,19-;12-,16-,18-/m011/s1. The van der Waals surface area contributed by atoms with Crippen LogP contribution >= 0.6 is 6.89 Å². The molecule has 0 bridgehead atoms. The summed E-state index contributed by atoms with van der Waals surface area (Å²) in [7, 11) is -2.86. The van der Waals surface area contributed by atoms with E-state index in [4.69, 9.17) is 40.7 Å². The first-order chi connectivity index (χ1) is 55.8. The minimum Gasteiger partial charge on any atom is -0.457 e. The Morgan fingerprint density at radius 3 is 1.38 bits per heavy atom. The molecule has 118 heavy (non-hydrogen) atoms. The highest BCUT2D eigenvalue weighted by atomic mass is 31.2. The summed E-state index contributed by atoms with van der Waals surface area (Å²) >= 11 is 0. The van der Waals surface area contributed by atoms with Gasteiger partial charge in [0.1, 0.15) is 36.6 Å². The average Bonchev–Trinajstić information content (AvgIpc) is 0.737. The fraction of sp³-hybridized carbons (Fsp3) is 0.360. The maximum absolute atomic E-state index is 15.1. The minimum atomic E-state index is -3.21. The van der Waals surface area contributed by atoms with Crippen molar-refractivity contribution in [2.24, 2.45) is 31.8 Å². The van der Waals surface area contributed by atoms with E-state index in [0.29, 0.717) is 57.3 Å². The van der Waals surface area contributed by atoms with Gasteiger partial charge in [0.15, 0.2) is 47.5 Å². The summed E-state index contributed by atoms with van der Waals surface area (Å²) in [6, 6.07) is 43.6. The zero-order chi connectivity index (χ0) is 85.6. The number of rotatable bonds is 27. The zero-order valence-electron chi connectivity index (χ0n) is 69.6. The van der Waals surface area contributed by atoms with Crippen LogP contribution in [0, 0.1) is 17.8 Å². The molecule has 6 aromatic carbocycles. The highest BCUT2D eigenvalue weighted by Gasteiger charge is 2.61. The second kappa shape index (κ2) is 34.2. The molecular formula is C89H103N6O19PSi3. The summed E-state index contributed by atoms with van der Waals surface area (Å²) < 4.78 is 54.2. The van der Waals surface area contributed by atoms with Gasteiger partial charge in [-0.15, -0.1) is 0 Å². The highest BCUT2D eigenvalue weighted by Crippen LogP contribution is 2.53. The third kappa shape index (κ3) is 16.9. The second-order valence-corrected chi connectivity index (χ2v) is 50.6. The first-order valence-electron chi connectivity index (χ1n) is 39.4. The maximum Gasteiger partial charge on any atom is 0.419 e. The molecule has 5 aliphatic rings. The summed E-state index contributed by atoms with van der Waals surface area (Å²) in [5, 5.41) is 2.39. The van der Waals surface area contributed by atoms with E-state index in [0.717, 1.165) is 32.6 Å². The van der Waals surface area contributed by atoms with Crippen LogP contribution in [0.1, 0.15) is 82.3 Å². The van der Waals surface area contributed by atoms with Crippen LogP contribution in [0.3, 0.4) is 0 Å². The third-order valence-electron chi connectivity index (χ3n) is 22.5. The molecule has 5 aliphatic heterocycles. The van der Waals surface area contributed by atoms with Crippen molar-refractivity contribution in [1.82, 2.24) is 28.8 Å². The molecule has 0 spiro atoms. The number of benzene rings is 6. The van der Waals surface area contributed by atoms with Crippen LogP contribution < -0.4 is 33.2 Å². The molecule has 9 atom stereocenters. The lowest BCUT2D eigenvalue weighted by Crippen LogP contribution is -2.69. The van der Waals surface area contributed by atoms with Gasteiger partial charge in [0.25, 0.3) is 0 Å². The molecule has 14 rings (SSSR count). The number of amides is 3. The molecule has 3 aromatic heterocycles. The second-order valence-electron chi connectivity index (χ2n) is 33.7. The van der Waals surface area contributed by atoms with E-state index in [-0.39, 0.29) is 108 Å². The summed E-state index contributed by atoms with van der Waals surface area (Å²) in [5.41, 5.74) is 6.83. The number of aryl methyl sites for hydroxylation is 2. The van der Waals surface area contributed by atoms with Crippen molar-refractivity contribution in [2.45, 2.75) is 155 Å². The van der Waals surface area contributed by atoms with Crippen LogP contribution in [0.2, 0.25) is 57.4 Å². The molecule has 620 valence electrons. The number of H-pyrrole nitrogens is 1. The molecule has 0 aliphatic carbocycles. The number of oxazole rings is 3. The molecule has 25 nitrogen and oxygen atoms in total. The molecular weight excluding hydrogens is 1570 g/mol. The Bertz CT molecular complexity index is 5670. The van der Waals surface area contributed by atoms with Gasteiger partial charge >= 0.3 is 35.2 Å². The number of nitrogens with one attached hydrogen (secondary N) is 1. The number of Topliss-reactive ketones (excluding diaryl/α,β-unsaturated/α-hetero) is 1. The van der Waals surface area contributed by atoms with E-state index in [1.54, 1.807) is 72.4 Å². The largest absolute Gasteiger partial charge is 0.457 e. The number of nitrogens with zero attached hydrogens (tertiary/aromatic N) is 5. The predicted octanol–water partition coefficient (Wildman–Crippen LogP) is 12.9. The molecule has 3 fully saturated rings. The maximum atomic E-state index is 15.1. The van der Waals surface area contributed by atoms with Crippen LogP contribution in [-0.2, 0) is 70.4 Å². The summed E-state index contributed by atoms with van der Waals surface area (Å²) in [6.45, 7) is 36.7. The number of esters is 3. The zero-order valence-corrected chi connectivity index (χ0v) is 73.5. The summed E-state index contributed by atoms with van der Waals surface area (Å²) in [4.78, 5) is 140. The Morgan fingerprint density at radius 2 is 0.941 bits per heavy atom. The number of β-lactam (4-membered cyclic amide) rings is 3. The molecule has 0 radical (unpaired) electrons. The first-order valence-corrected chi connectivity index (χ1v) is 50.9. The van der Waals surface area contributed by atoms with Crippen LogP contribution in [0.15, 0.2) is 223 Å². The van der Waals surface area contributed by atoms with Crippen LogP contribution in [-0.4, -0.2) is 157 Å². The van der Waals surface area contributed by atoms with Gasteiger partial charge in [-0.2, -0.15) is 0 Å². The summed E-state index contributed by atoms with van der Waals surface area (Å²) in [6.07, 6.45) is 4.32. The number of ketones is 1. The molecule has 0 unspecified atom stereocenters. The van der Waals surface area contributed by atoms with E-state index in [2.05, 4.69) is 97.9 Å². The summed E-state index contributed by atoms with van der Waals surface area (Å²) in [5.74, 6) is -5.54. The molecule has 3 amide bonds. The SMILES string of the molecule is C=CCOC(=O)C(N1C(=O)[C@H]([C@H](C)O[Si](C)(C)C(C)(C)C)[C@H]1CC(=O)c1ccc2oc(=O)n(C)c2c1)=P(c1ccccc1)(c1ccccc1)c1ccccc1.C=CCOC(=O)C1=C(c2ccc3oc(=O)[nH]c3c2)C[C@@H]2[C@@H]([C@@H](C)O[Si](C)(C)C)C(=O)N12.C=CCOC(=O)C1=C(c2ccc3oc(=O)n(C)c3c2)C[C@@H]2[C@@H]([C@@H](C)O[Si](C)(C)C)C(=O)N12. The Morgan fingerprint density at radius 1 is 0.525 bits per heavy atom. The Balaban J connectivity index is 0.000000174. The average molecular weight is 1680 g/mol. The molecule has 8 heterocycles. The number of aromatic nitrogens is 3. The monoisotopic (exact) mass is 1670 g/mol. The first kappa shape index (κ1) is 86.5. The lowest BCUT2D eigenvalue weighted by Gasteiger charge is -2.53. The van der Waals surface area contributed by atoms with E-state index < -0.39 is 85.1 Å². The third-order valence-corrected chi connectivity index (χ3v) is 33.5. The van der Waals surface area contributed by atoms with Crippen molar-refractivity contribution in [3.8, 4) is 0 Å². The topological polar surface area (TPSA) is 301 Å². The number of likely N-dealkylation sites (tertiary alicyclic amines) is 1. The lowest BCUT2D eigenvalue weighted by molar-refractivity contribution is -0.161. The van der Waals surface area contributed by atoms with Gasteiger partial charge in [0.2, 0.25) is 17.7 Å². The van der Waals surface area contributed by atoms with E-state index in [1.807, 2.05) is 118 Å². The molecule has 29 heteroatoms. The van der Waals surface area contributed by atoms with Crippen LogP contribution in [0.25, 0.3) is 44.4 Å². The lowest BCUT2D eigenvalue weighted by atomic mass is 9.79. The highest BCUT2D eigenvalue weighted by molar-refractivity contribution is 7.96. The number of fused-ring (bicyclic) bond motifs is 5. The van der Waals surface area contributed by atoms with Gasteiger partial charge in [0, 0.05) is 33.0 Å². The van der Waals surface area contributed by atoms with Crippen molar-refractivity contribution in [1.29, 1.82) is 0 Å². The molecule has 0 saturated carbocycles. The number of hydrogen-bond donors (Lipinski definition) is 1. The van der Waals surface area contributed by atoms with Crippen LogP contribution in [0.4, 0.5) is 0 Å². The Kier molecular flexibility index (Phi) is 25.1. The van der Waals surface area contributed by atoms with Gasteiger partial charge < -0.3 is 55.4 Å². The smallest absolute Gasteiger partial charge is 0.419 e. The quantitative estimate of drug-likeness (QED) is 0.00951. The van der Waals surface area contributed by atoms with Gasteiger partial charge in [-0.25, -0.2) is 28.8 Å². The van der Waals surface area contributed by atoms with Gasteiger partial charge in [-0.3, -0.25) is 33.3 Å².